The van der Waals surface area contributed by atoms with Crippen molar-refractivity contribution in [3.8, 4) is 0 Å². The Kier molecular flexibility index (Phi) is 3.28. The molecule has 0 aliphatic carbocycles. The Labute approximate surface area is 85.2 Å². The zero-order valence-corrected chi connectivity index (χ0v) is 8.60. The minimum absolute atomic E-state index is 0. The Bertz CT molecular complexity index is 255. The highest BCUT2D eigenvalue weighted by atomic mass is 35.5. The van der Waals surface area contributed by atoms with Gasteiger partial charge in [-0.3, -0.25) is 4.98 Å². The molecule has 1 N–H and O–H groups in total. The van der Waals surface area contributed by atoms with Gasteiger partial charge in [-0.2, -0.15) is 0 Å². The quantitative estimate of drug-likeness (QED) is 0.744. The molecule has 13 heavy (non-hydrogen) atoms. The molecule has 0 saturated carbocycles. The lowest BCUT2D eigenvalue weighted by atomic mass is 9.86. The zero-order valence-electron chi connectivity index (χ0n) is 7.79. The highest BCUT2D eigenvalue weighted by Crippen LogP contribution is 2.27. The lowest BCUT2D eigenvalue weighted by Gasteiger charge is -2.21. The van der Waals surface area contributed by atoms with Gasteiger partial charge in [0, 0.05) is 23.9 Å². The van der Waals surface area contributed by atoms with Gasteiger partial charge in [0.15, 0.2) is 0 Å². The van der Waals surface area contributed by atoms with Gasteiger partial charge in [0.1, 0.15) is 0 Å². The smallest absolute Gasteiger partial charge is 0.0475 e. The summed E-state index contributed by atoms with van der Waals surface area (Å²) in [5.41, 5.74) is 1.48. The number of nitrogens with zero attached hydrogens (tertiary/aromatic N) is 1. The summed E-state index contributed by atoms with van der Waals surface area (Å²) >= 11 is 0. The second-order valence-corrected chi connectivity index (χ2v) is 3.70. The summed E-state index contributed by atoms with van der Waals surface area (Å²) in [6.45, 7) is 4.45. The topological polar surface area (TPSA) is 24.9 Å². The molecule has 1 aliphatic rings. The van der Waals surface area contributed by atoms with Crippen LogP contribution in [0.4, 0.5) is 0 Å². The standard InChI is InChI=1S/C10H14N2.ClH/c1-10(5-7-11-8-10)9-4-2-3-6-12-9;/h2-4,6,11H,5,7-8H2,1H3;1H. The molecule has 0 bridgehead atoms. The first-order valence-electron chi connectivity index (χ1n) is 4.43. The monoisotopic (exact) mass is 198 g/mol. The molecule has 2 nitrogen and oxygen atoms in total. The van der Waals surface area contributed by atoms with Crippen LogP contribution in [0.2, 0.25) is 0 Å². The van der Waals surface area contributed by atoms with Crippen LogP contribution in [0.25, 0.3) is 0 Å². The zero-order chi connectivity index (χ0) is 8.44. The highest BCUT2D eigenvalue weighted by Gasteiger charge is 2.31. The van der Waals surface area contributed by atoms with Crippen LogP contribution in [0.15, 0.2) is 24.4 Å². The maximum atomic E-state index is 4.39. The summed E-state index contributed by atoms with van der Waals surface area (Å²) in [7, 11) is 0. The van der Waals surface area contributed by atoms with E-state index in [-0.39, 0.29) is 17.8 Å². The molecule has 3 heteroatoms. The molecule has 72 valence electrons. The van der Waals surface area contributed by atoms with E-state index in [1.165, 1.54) is 12.1 Å². The van der Waals surface area contributed by atoms with E-state index >= 15 is 0 Å². The van der Waals surface area contributed by atoms with Crippen molar-refractivity contribution in [3.63, 3.8) is 0 Å². The van der Waals surface area contributed by atoms with Gasteiger partial charge in [-0.05, 0) is 25.1 Å². The van der Waals surface area contributed by atoms with Gasteiger partial charge in [0.2, 0.25) is 0 Å². The van der Waals surface area contributed by atoms with Gasteiger partial charge in [-0.15, -0.1) is 12.4 Å². The van der Waals surface area contributed by atoms with Crippen LogP contribution < -0.4 is 5.32 Å². The third kappa shape index (κ3) is 2.01. The Hall–Kier alpha value is -0.600. The summed E-state index contributed by atoms with van der Waals surface area (Å²) in [4.78, 5) is 4.39. The Morgan fingerprint density at radius 3 is 2.85 bits per heavy atom. The van der Waals surface area contributed by atoms with E-state index in [4.69, 9.17) is 0 Å². The maximum absolute atomic E-state index is 4.39. The Balaban J connectivity index is 0.000000845. The second-order valence-electron chi connectivity index (χ2n) is 3.70. The van der Waals surface area contributed by atoms with Gasteiger partial charge < -0.3 is 5.32 Å². The van der Waals surface area contributed by atoms with Crippen molar-refractivity contribution in [2.24, 2.45) is 0 Å². The predicted octanol–water partition coefficient (Wildman–Crippen LogP) is 1.75. The molecule has 1 unspecified atom stereocenters. The molecule has 1 aliphatic heterocycles. The van der Waals surface area contributed by atoms with E-state index in [0.29, 0.717) is 0 Å². The number of nitrogens with one attached hydrogen (secondary N) is 1. The predicted molar refractivity (Wildman–Crippen MR) is 56.3 cm³/mol. The Morgan fingerprint density at radius 1 is 1.46 bits per heavy atom. The maximum Gasteiger partial charge on any atom is 0.0475 e. The largest absolute Gasteiger partial charge is 0.316 e. The van der Waals surface area contributed by atoms with Crippen LogP contribution >= 0.6 is 12.4 Å². The van der Waals surface area contributed by atoms with E-state index in [1.54, 1.807) is 0 Å². The van der Waals surface area contributed by atoms with E-state index in [2.05, 4.69) is 29.4 Å². The number of halogens is 1. The molecular formula is C10H15ClN2. The van der Waals surface area contributed by atoms with Crippen molar-refractivity contribution in [3.05, 3.63) is 30.1 Å². The van der Waals surface area contributed by atoms with Gasteiger partial charge in [-0.1, -0.05) is 13.0 Å². The average molecular weight is 199 g/mol. The molecule has 1 saturated heterocycles. The van der Waals surface area contributed by atoms with Crippen molar-refractivity contribution in [1.29, 1.82) is 0 Å². The van der Waals surface area contributed by atoms with E-state index < -0.39 is 0 Å². The van der Waals surface area contributed by atoms with Crippen molar-refractivity contribution in [2.45, 2.75) is 18.8 Å². The summed E-state index contributed by atoms with van der Waals surface area (Å²) in [5, 5.41) is 3.37. The lowest BCUT2D eigenvalue weighted by molar-refractivity contribution is 0.508. The molecular weight excluding hydrogens is 184 g/mol. The molecule has 2 heterocycles. The average Bonchev–Trinajstić information content (AvgIpc) is 2.55. The molecule has 0 radical (unpaired) electrons. The van der Waals surface area contributed by atoms with Crippen LogP contribution in [0.5, 0.6) is 0 Å². The molecule has 0 amide bonds. The fourth-order valence-electron chi connectivity index (χ4n) is 1.76. The van der Waals surface area contributed by atoms with Crippen molar-refractivity contribution in [2.75, 3.05) is 13.1 Å². The number of hydrogen-bond donors (Lipinski definition) is 1. The normalized spacial score (nSPS) is 26.8. The van der Waals surface area contributed by atoms with Crippen LogP contribution in [-0.2, 0) is 5.41 Å². The van der Waals surface area contributed by atoms with Crippen LogP contribution in [0, 0.1) is 0 Å². The minimum Gasteiger partial charge on any atom is -0.316 e. The van der Waals surface area contributed by atoms with Gasteiger partial charge in [0.25, 0.3) is 0 Å². The first-order chi connectivity index (χ1) is 5.81. The second kappa shape index (κ2) is 4.07. The molecule has 1 aromatic heterocycles. The third-order valence-corrected chi connectivity index (χ3v) is 2.65. The lowest BCUT2D eigenvalue weighted by Crippen LogP contribution is -2.25. The summed E-state index contributed by atoms with van der Waals surface area (Å²) in [6, 6.07) is 6.15. The molecule has 1 aromatic rings. The fourth-order valence-corrected chi connectivity index (χ4v) is 1.76. The van der Waals surface area contributed by atoms with Gasteiger partial charge in [0.05, 0.1) is 0 Å². The van der Waals surface area contributed by atoms with Crippen LogP contribution in [0.3, 0.4) is 0 Å². The molecule has 0 spiro atoms. The number of rotatable bonds is 1. The van der Waals surface area contributed by atoms with Crippen molar-refractivity contribution < 1.29 is 0 Å². The SMILES string of the molecule is CC1(c2ccccn2)CCNC1.Cl. The summed E-state index contributed by atoms with van der Waals surface area (Å²) < 4.78 is 0. The molecule has 0 aromatic carbocycles. The minimum atomic E-state index is 0. The molecule has 2 rings (SSSR count). The van der Waals surface area contributed by atoms with Gasteiger partial charge in [-0.25, -0.2) is 0 Å². The first-order valence-corrected chi connectivity index (χ1v) is 4.43. The third-order valence-electron chi connectivity index (χ3n) is 2.65. The number of hydrogen-bond acceptors (Lipinski definition) is 2. The number of pyridine rings is 1. The van der Waals surface area contributed by atoms with E-state index in [1.807, 2.05) is 12.3 Å². The summed E-state index contributed by atoms with van der Waals surface area (Å²) in [6.07, 6.45) is 3.07. The molecule has 1 fully saturated rings. The first kappa shape index (κ1) is 10.5. The number of aromatic nitrogens is 1. The van der Waals surface area contributed by atoms with Crippen LogP contribution in [0.1, 0.15) is 19.0 Å². The summed E-state index contributed by atoms with van der Waals surface area (Å²) in [5.74, 6) is 0. The van der Waals surface area contributed by atoms with Crippen molar-refractivity contribution in [1.82, 2.24) is 10.3 Å². The molecule has 1 atom stereocenters. The van der Waals surface area contributed by atoms with Crippen molar-refractivity contribution >= 4 is 12.4 Å². The van der Waals surface area contributed by atoms with E-state index in [0.717, 1.165) is 13.1 Å². The Morgan fingerprint density at radius 2 is 2.31 bits per heavy atom. The van der Waals surface area contributed by atoms with Gasteiger partial charge >= 0.3 is 0 Å². The fraction of sp³-hybridized carbons (Fsp3) is 0.500. The van der Waals surface area contributed by atoms with E-state index in [9.17, 15) is 0 Å². The van der Waals surface area contributed by atoms with Crippen LogP contribution in [-0.4, -0.2) is 18.1 Å². The highest BCUT2D eigenvalue weighted by molar-refractivity contribution is 5.85.